The molecule has 0 amide bonds. The molecule has 0 unspecified atom stereocenters. The van der Waals surface area contributed by atoms with E-state index >= 15 is 0 Å². The first kappa shape index (κ1) is 26.4. The molecule has 2 atom stereocenters. The Morgan fingerprint density at radius 2 is 1.73 bits per heavy atom. The SMILES string of the molecule is N#Cc1cc([C@H]2OC3(CCOCC3)c3c2c(C2CCOCC2)nc2c3[C@@H](O)CC3(CCC3)C2)ccc1C(F)(F)F. The number of fused-ring (bicyclic) bond motifs is 4. The molecule has 1 saturated carbocycles. The molecule has 1 aromatic carbocycles. The van der Waals surface area contributed by atoms with Crippen molar-refractivity contribution < 1.29 is 32.5 Å². The number of rotatable bonds is 2. The van der Waals surface area contributed by atoms with Crippen molar-refractivity contribution in [2.45, 2.75) is 87.7 Å². The van der Waals surface area contributed by atoms with Crippen LogP contribution < -0.4 is 0 Å². The highest BCUT2D eigenvalue weighted by Crippen LogP contribution is 2.60. The minimum absolute atomic E-state index is 0.0947. The van der Waals surface area contributed by atoms with Crippen molar-refractivity contribution in [1.82, 2.24) is 4.98 Å². The van der Waals surface area contributed by atoms with Crippen LogP contribution in [0.2, 0.25) is 0 Å². The van der Waals surface area contributed by atoms with Crippen LogP contribution in [0.4, 0.5) is 13.2 Å². The zero-order valence-corrected chi connectivity index (χ0v) is 22.4. The highest BCUT2D eigenvalue weighted by atomic mass is 19.4. The van der Waals surface area contributed by atoms with Crippen molar-refractivity contribution in [2.24, 2.45) is 5.41 Å². The van der Waals surface area contributed by atoms with Crippen LogP contribution in [0.3, 0.4) is 0 Å². The number of aliphatic hydroxyl groups excluding tert-OH is 1. The number of benzene rings is 1. The Morgan fingerprint density at radius 1 is 1.00 bits per heavy atom. The summed E-state index contributed by atoms with van der Waals surface area (Å²) in [6.45, 7) is 2.22. The van der Waals surface area contributed by atoms with Crippen LogP contribution in [0.1, 0.15) is 114 Å². The standard InChI is InChI=1S/C31H33F3N2O4/c32-31(33,34)21-3-2-19(14-20(21)17-35)28-25-26(30(40-28)8-12-39-13-9-30)24-22(15-29(6-1-7-29)16-23(24)37)36-27(25)18-4-10-38-11-5-18/h2-3,14,18,23,28,37H,1,4-13,15-16H2/t23-,28+/m0/s1. The van der Waals surface area contributed by atoms with Gasteiger partial charge in [-0.1, -0.05) is 12.5 Å². The number of halogens is 3. The smallest absolute Gasteiger partial charge is 0.388 e. The lowest BCUT2D eigenvalue weighted by Crippen LogP contribution is -2.41. The van der Waals surface area contributed by atoms with Gasteiger partial charge in [0, 0.05) is 62.0 Å². The van der Waals surface area contributed by atoms with Crippen LogP contribution in [0.15, 0.2) is 18.2 Å². The molecule has 2 aromatic rings. The largest absolute Gasteiger partial charge is 0.417 e. The first-order valence-corrected chi connectivity index (χ1v) is 14.4. The van der Waals surface area contributed by atoms with E-state index in [4.69, 9.17) is 19.2 Å². The molecule has 1 N–H and O–H groups in total. The van der Waals surface area contributed by atoms with Gasteiger partial charge in [0.15, 0.2) is 0 Å². The minimum atomic E-state index is -4.63. The quantitative estimate of drug-likeness (QED) is 0.480. The van der Waals surface area contributed by atoms with Gasteiger partial charge in [0.2, 0.25) is 0 Å². The van der Waals surface area contributed by atoms with Crippen LogP contribution >= 0.6 is 0 Å². The lowest BCUT2D eigenvalue weighted by molar-refractivity contribution is -0.138. The summed E-state index contributed by atoms with van der Waals surface area (Å²) in [7, 11) is 0. The summed E-state index contributed by atoms with van der Waals surface area (Å²) in [5.41, 5.74) is 3.09. The molecule has 0 radical (unpaired) electrons. The number of alkyl halides is 3. The van der Waals surface area contributed by atoms with Gasteiger partial charge < -0.3 is 19.3 Å². The van der Waals surface area contributed by atoms with Gasteiger partial charge in [-0.2, -0.15) is 18.4 Å². The first-order chi connectivity index (χ1) is 19.2. The fraction of sp³-hybridized carbons (Fsp3) is 0.613. The molecule has 3 fully saturated rings. The predicted molar refractivity (Wildman–Crippen MR) is 137 cm³/mol. The van der Waals surface area contributed by atoms with Gasteiger partial charge in [-0.05, 0) is 67.2 Å². The average Bonchev–Trinajstić information content (AvgIpc) is 3.25. The lowest BCUT2D eigenvalue weighted by Gasteiger charge is -2.48. The topological polar surface area (TPSA) is 84.6 Å². The van der Waals surface area contributed by atoms with E-state index in [2.05, 4.69) is 0 Å². The van der Waals surface area contributed by atoms with E-state index in [0.29, 0.717) is 51.3 Å². The molecule has 7 rings (SSSR count). The fourth-order valence-electron chi connectivity index (χ4n) is 7.92. The molecule has 6 nitrogen and oxygen atoms in total. The second-order valence-electron chi connectivity index (χ2n) is 12.3. The van der Waals surface area contributed by atoms with Crippen molar-refractivity contribution in [1.29, 1.82) is 5.26 Å². The molecule has 9 heteroatoms. The Kier molecular flexibility index (Phi) is 6.28. The van der Waals surface area contributed by atoms with Gasteiger partial charge >= 0.3 is 6.18 Å². The van der Waals surface area contributed by atoms with E-state index < -0.39 is 35.1 Å². The Hall–Kier alpha value is -2.51. The van der Waals surface area contributed by atoms with Gasteiger partial charge in [-0.25, -0.2) is 0 Å². The Bertz CT molecular complexity index is 1370. The zero-order chi connectivity index (χ0) is 27.7. The molecule has 4 heterocycles. The molecule has 2 saturated heterocycles. The number of aromatic nitrogens is 1. The van der Waals surface area contributed by atoms with Crippen molar-refractivity contribution in [3.8, 4) is 6.07 Å². The third-order valence-electron chi connectivity index (χ3n) is 10.0. The zero-order valence-electron chi connectivity index (χ0n) is 22.4. The molecule has 2 aliphatic carbocycles. The number of hydrogen-bond donors (Lipinski definition) is 1. The van der Waals surface area contributed by atoms with E-state index in [9.17, 15) is 23.5 Å². The summed E-state index contributed by atoms with van der Waals surface area (Å²) >= 11 is 0. The molecular formula is C31H33F3N2O4. The first-order valence-electron chi connectivity index (χ1n) is 14.4. The normalized spacial score (nSPS) is 27.2. The molecule has 5 aliphatic rings. The van der Waals surface area contributed by atoms with Crippen molar-refractivity contribution in [2.75, 3.05) is 26.4 Å². The summed E-state index contributed by atoms with van der Waals surface area (Å²) in [5.74, 6) is 0.121. The van der Waals surface area contributed by atoms with Crippen LogP contribution in [-0.4, -0.2) is 36.5 Å². The lowest BCUT2D eigenvalue weighted by atomic mass is 9.58. The van der Waals surface area contributed by atoms with E-state index in [1.54, 1.807) is 6.07 Å². The summed E-state index contributed by atoms with van der Waals surface area (Å²) < 4.78 is 59.3. The highest BCUT2D eigenvalue weighted by molar-refractivity contribution is 5.56. The fourth-order valence-corrected chi connectivity index (χ4v) is 7.92. The number of aliphatic hydroxyl groups is 1. The summed E-state index contributed by atoms with van der Waals surface area (Å²) in [6, 6.07) is 5.49. The van der Waals surface area contributed by atoms with Crippen molar-refractivity contribution in [3.63, 3.8) is 0 Å². The molecule has 3 aliphatic heterocycles. The maximum atomic E-state index is 13.7. The number of hydrogen-bond acceptors (Lipinski definition) is 6. The van der Waals surface area contributed by atoms with Gasteiger partial charge in [-0.3, -0.25) is 4.98 Å². The highest BCUT2D eigenvalue weighted by Gasteiger charge is 2.54. The second-order valence-corrected chi connectivity index (χ2v) is 12.3. The van der Waals surface area contributed by atoms with Crippen LogP contribution in [-0.2, 0) is 32.4 Å². The third-order valence-corrected chi connectivity index (χ3v) is 10.0. The van der Waals surface area contributed by atoms with Crippen molar-refractivity contribution >= 4 is 0 Å². The molecule has 2 spiro atoms. The number of nitrogens with zero attached hydrogens (tertiary/aromatic N) is 2. The van der Waals surface area contributed by atoms with E-state index in [1.165, 1.54) is 18.6 Å². The predicted octanol–water partition coefficient (Wildman–Crippen LogP) is 6.14. The van der Waals surface area contributed by atoms with E-state index in [-0.39, 0.29) is 11.3 Å². The van der Waals surface area contributed by atoms with Crippen LogP contribution in [0.5, 0.6) is 0 Å². The minimum Gasteiger partial charge on any atom is -0.388 e. The molecule has 212 valence electrons. The van der Waals surface area contributed by atoms with E-state index in [1.807, 2.05) is 0 Å². The summed E-state index contributed by atoms with van der Waals surface area (Å²) in [6.07, 6.45) is 1.66. The van der Waals surface area contributed by atoms with Crippen LogP contribution in [0.25, 0.3) is 0 Å². The molecular weight excluding hydrogens is 521 g/mol. The van der Waals surface area contributed by atoms with Crippen molar-refractivity contribution in [3.05, 3.63) is 63.0 Å². The molecule has 40 heavy (non-hydrogen) atoms. The van der Waals surface area contributed by atoms with Gasteiger partial charge in [0.25, 0.3) is 0 Å². The summed E-state index contributed by atoms with van der Waals surface area (Å²) in [4.78, 5) is 5.32. The van der Waals surface area contributed by atoms with E-state index in [0.717, 1.165) is 66.2 Å². The summed E-state index contributed by atoms with van der Waals surface area (Å²) in [5, 5.41) is 21.3. The third kappa shape index (κ3) is 4.10. The Labute approximate surface area is 231 Å². The Balaban J connectivity index is 1.46. The van der Waals surface area contributed by atoms with Gasteiger partial charge in [0.1, 0.15) is 6.10 Å². The van der Waals surface area contributed by atoms with Gasteiger partial charge in [0.05, 0.1) is 34.6 Å². The average molecular weight is 555 g/mol. The maximum Gasteiger partial charge on any atom is 0.417 e. The maximum absolute atomic E-state index is 13.7. The number of nitriles is 1. The molecule has 1 aromatic heterocycles. The molecule has 0 bridgehead atoms. The number of pyridine rings is 1. The number of ether oxygens (including phenoxy) is 3. The van der Waals surface area contributed by atoms with Gasteiger partial charge in [-0.15, -0.1) is 0 Å². The monoisotopic (exact) mass is 554 g/mol. The van der Waals surface area contributed by atoms with Crippen LogP contribution in [0, 0.1) is 16.7 Å². The Morgan fingerprint density at radius 3 is 2.38 bits per heavy atom. The second kappa shape index (κ2) is 9.52.